The molecule has 7 nitrogen and oxygen atoms in total. The second kappa shape index (κ2) is 9.29. The average molecular weight is 412 g/mol. The summed E-state index contributed by atoms with van der Waals surface area (Å²) in [6, 6.07) is 4.29. The Morgan fingerprint density at radius 1 is 1.04 bits per heavy atom. The number of aryl methyl sites for hydroxylation is 1. The number of rotatable bonds is 7. The fraction of sp³-hybridized carbons (Fsp3) is 0.600. The van der Waals surface area contributed by atoms with E-state index in [1.807, 2.05) is 0 Å². The number of likely N-dealkylation sites (N-methyl/N-ethyl adjacent to an activating group) is 1. The van der Waals surface area contributed by atoms with Crippen molar-refractivity contribution in [1.29, 1.82) is 0 Å². The summed E-state index contributed by atoms with van der Waals surface area (Å²) >= 11 is 0. The predicted molar refractivity (Wildman–Crippen MR) is 100 cm³/mol. The van der Waals surface area contributed by atoms with Crippen molar-refractivity contribution in [3.8, 4) is 0 Å². The molecule has 0 saturated carbocycles. The van der Waals surface area contributed by atoms with Crippen LogP contribution in [0.1, 0.15) is 24.8 Å². The molecule has 25 heavy (non-hydrogen) atoms. The van der Waals surface area contributed by atoms with Gasteiger partial charge < -0.3 is 5.32 Å². The van der Waals surface area contributed by atoms with E-state index in [-0.39, 0.29) is 28.7 Å². The molecular formula is C15H26ClN3O4S2. The molecule has 1 saturated heterocycles. The zero-order valence-corrected chi connectivity index (χ0v) is 16.9. The molecule has 1 aromatic rings. The Bertz CT molecular complexity index is 776. The minimum Gasteiger partial charge on any atom is -0.318 e. The lowest BCUT2D eigenvalue weighted by Crippen LogP contribution is -2.36. The Labute approximate surface area is 156 Å². The Morgan fingerprint density at radius 2 is 1.68 bits per heavy atom. The molecule has 2 N–H and O–H groups in total. The summed E-state index contributed by atoms with van der Waals surface area (Å²) in [6.45, 7) is 3.35. The summed E-state index contributed by atoms with van der Waals surface area (Å²) in [6.07, 6.45) is 2.69. The molecule has 1 fully saturated rings. The van der Waals surface area contributed by atoms with Crippen molar-refractivity contribution in [1.82, 2.24) is 14.3 Å². The van der Waals surface area contributed by atoms with Crippen LogP contribution in [-0.4, -0.2) is 54.4 Å². The topological polar surface area (TPSA) is 95.6 Å². The molecule has 0 unspecified atom stereocenters. The average Bonchev–Trinajstić information content (AvgIpc) is 2.56. The first-order valence-corrected chi connectivity index (χ1v) is 11.0. The molecule has 0 radical (unpaired) electrons. The first-order chi connectivity index (χ1) is 11.3. The molecule has 1 aliphatic heterocycles. The number of nitrogens with zero attached hydrogens (tertiary/aromatic N) is 1. The molecule has 144 valence electrons. The van der Waals surface area contributed by atoms with Gasteiger partial charge in [0.15, 0.2) is 0 Å². The van der Waals surface area contributed by atoms with Gasteiger partial charge in [-0.2, -0.15) is 4.31 Å². The lowest BCUT2D eigenvalue weighted by molar-refractivity contribution is 0.346. The molecule has 1 heterocycles. The van der Waals surface area contributed by atoms with E-state index in [2.05, 4.69) is 10.0 Å². The van der Waals surface area contributed by atoms with Crippen LogP contribution in [0.4, 0.5) is 0 Å². The summed E-state index contributed by atoms with van der Waals surface area (Å²) < 4.78 is 54.3. The first kappa shape index (κ1) is 22.3. The van der Waals surface area contributed by atoms with E-state index >= 15 is 0 Å². The second-order valence-corrected chi connectivity index (χ2v) is 9.57. The van der Waals surface area contributed by atoms with Crippen molar-refractivity contribution in [3.05, 3.63) is 23.8 Å². The van der Waals surface area contributed by atoms with Crippen LogP contribution >= 0.6 is 12.4 Å². The number of hydrogen-bond donors (Lipinski definition) is 2. The van der Waals surface area contributed by atoms with E-state index in [0.717, 1.165) is 19.3 Å². The fourth-order valence-corrected chi connectivity index (χ4v) is 5.59. The van der Waals surface area contributed by atoms with E-state index in [1.165, 1.54) is 16.4 Å². The summed E-state index contributed by atoms with van der Waals surface area (Å²) in [5.41, 5.74) is 0.518. The summed E-state index contributed by atoms with van der Waals surface area (Å²) in [5.74, 6) is 0. The number of halogens is 1. The van der Waals surface area contributed by atoms with Gasteiger partial charge in [-0.05, 0) is 44.5 Å². The van der Waals surface area contributed by atoms with Crippen molar-refractivity contribution in [2.24, 2.45) is 0 Å². The standard InChI is InChI=1S/C15H25N3O4S2.ClH/c1-13-6-7-14(24(21,22)18-10-4-3-5-11-18)12-15(13)23(19,20)17-9-8-16-2;/h6-7,12,16-17H,3-5,8-11H2,1-2H3;1H. The Hall–Kier alpha value is -0.710. The van der Waals surface area contributed by atoms with E-state index in [0.29, 0.717) is 25.2 Å². The van der Waals surface area contributed by atoms with Crippen molar-refractivity contribution in [2.75, 3.05) is 33.2 Å². The first-order valence-electron chi connectivity index (χ1n) is 8.04. The van der Waals surface area contributed by atoms with Gasteiger partial charge in [-0.3, -0.25) is 0 Å². The van der Waals surface area contributed by atoms with Crippen molar-refractivity contribution in [3.63, 3.8) is 0 Å². The summed E-state index contributed by atoms with van der Waals surface area (Å²) in [5, 5.41) is 2.86. The van der Waals surface area contributed by atoms with Crippen molar-refractivity contribution < 1.29 is 16.8 Å². The number of piperidine rings is 1. The number of hydrogen-bond acceptors (Lipinski definition) is 5. The second-order valence-electron chi connectivity index (χ2n) is 5.89. The van der Waals surface area contributed by atoms with Gasteiger partial charge in [0.25, 0.3) is 0 Å². The van der Waals surface area contributed by atoms with Gasteiger partial charge in [0, 0.05) is 26.2 Å². The van der Waals surface area contributed by atoms with Crippen LogP contribution in [0.5, 0.6) is 0 Å². The van der Waals surface area contributed by atoms with E-state index < -0.39 is 20.0 Å². The Kier molecular flexibility index (Phi) is 8.30. The highest BCUT2D eigenvalue weighted by Gasteiger charge is 2.28. The molecular weight excluding hydrogens is 386 g/mol. The van der Waals surface area contributed by atoms with E-state index in [4.69, 9.17) is 0 Å². The zero-order valence-electron chi connectivity index (χ0n) is 14.5. The third kappa shape index (κ3) is 5.38. The van der Waals surface area contributed by atoms with E-state index in [1.54, 1.807) is 20.0 Å². The fourth-order valence-electron chi connectivity index (χ4n) is 2.67. The van der Waals surface area contributed by atoms with Crippen molar-refractivity contribution >= 4 is 32.5 Å². The van der Waals surface area contributed by atoms with E-state index in [9.17, 15) is 16.8 Å². The van der Waals surface area contributed by atoms with Gasteiger partial charge in [-0.15, -0.1) is 12.4 Å². The number of nitrogens with one attached hydrogen (secondary N) is 2. The van der Waals surface area contributed by atoms with Crippen LogP contribution < -0.4 is 10.0 Å². The highest BCUT2D eigenvalue weighted by Crippen LogP contribution is 2.24. The largest absolute Gasteiger partial charge is 0.318 e. The maximum absolute atomic E-state index is 12.7. The van der Waals surface area contributed by atoms with Crippen LogP contribution in [0.15, 0.2) is 28.0 Å². The Morgan fingerprint density at radius 3 is 2.28 bits per heavy atom. The lowest BCUT2D eigenvalue weighted by Gasteiger charge is -2.26. The number of sulfonamides is 2. The quantitative estimate of drug-likeness (QED) is 0.655. The smallest absolute Gasteiger partial charge is 0.243 e. The normalized spacial score (nSPS) is 16.4. The highest BCUT2D eigenvalue weighted by molar-refractivity contribution is 7.90. The molecule has 1 aromatic carbocycles. The van der Waals surface area contributed by atoms with Crippen LogP contribution in [0.3, 0.4) is 0 Å². The van der Waals surface area contributed by atoms with Crippen LogP contribution in [0, 0.1) is 6.92 Å². The number of benzene rings is 1. The molecule has 2 rings (SSSR count). The molecule has 0 amide bonds. The van der Waals surface area contributed by atoms with Crippen LogP contribution in [0.25, 0.3) is 0 Å². The lowest BCUT2D eigenvalue weighted by atomic mass is 10.2. The highest BCUT2D eigenvalue weighted by atomic mass is 35.5. The van der Waals surface area contributed by atoms with Gasteiger partial charge in [-0.25, -0.2) is 21.6 Å². The van der Waals surface area contributed by atoms with Crippen molar-refractivity contribution in [2.45, 2.75) is 36.0 Å². The molecule has 0 spiro atoms. The summed E-state index contributed by atoms with van der Waals surface area (Å²) in [4.78, 5) is 0.0423. The minimum atomic E-state index is -3.75. The molecule has 0 atom stereocenters. The minimum absolute atomic E-state index is 0. The summed E-state index contributed by atoms with van der Waals surface area (Å²) in [7, 11) is -5.68. The van der Waals surface area contributed by atoms with Crippen LogP contribution in [0.2, 0.25) is 0 Å². The monoisotopic (exact) mass is 411 g/mol. The van der Waals surface area contributed by atoms with Gasteiger partial charge in [0.2, 0.25) is 20.0 Å². The SMILES string of the molecule is CNCCNS(=O)(=O)c1cc(S(=O)(=O)N2CCCCC2)ccc1C.Cl. The zero-order chi connectivity index (χ0) is 17.8. The molecule has 0 aromatic heterocycles. The molecule has 1 aliphatic rings. The Balaban J connectivity index is 0.00000312. The van der Waals surface area contributed by atoms with Gasteiger partial charge >= 0.3 is 0 Å². The predicted octanol–water partition coefficient (Wildman–Crippen LogP) is 1.09. The third-order valence-electron chi connectivity index (χ3n) is 4.07. The molecule has 10 heteroatoms. The maximum atomic E-state index is 12.7. The van der Waals surface area contributed by atoms with Gasteiger partial charge in [0.1, 0.15) is 0 Å². The maximum Gasteiger partial charge on any atom is 0.243 e. The van der Waals surface area contributed by atoms with Gasteiger partial charge in [-0.1, -0.05) is 12.5 Å². The molecule has 0 aliphatic carbocycles. The van der Waals surface area contributed by atoms with Gasteiger partial charge in [0.05, 0.1) is 9.79 Å². The molecule has 0 bridgehead atoms. The third-order valence-corrected chi connectivity index (χ3v) is 7.57. The van der Waals surface area contributed by atoms with Crippen LogP contribution in [-0.2, 0) is 20.0 Å².